The van der Waals surface area contributed by atoms with Gasteiger partial charge in [0.15, 0.2) is 11.5 Å². The average Bonchev–Trinajstić information content (AvgIpc) is 3.35. The fourth-order valence-corrected chi connectivity index (χ4v) is 4.17. The summed E-state index contributed by atoms with van der Waals surface area (Å²) in [6.45, 7) is 1.80. The summed E-state index contributed by atoms with van der Waals surface area (Å²) in [5.74, 6) is 1.98. The SMILES string of the molecule is COc1cccc(CNCCCSc2nnnn2-c2ccccc2)c1OCc1ccc(F)cc1. The van der Waals surface area contributed by atoms with Crippen LogP contribution in [-0.4, -0.2) is 39.6 Å². The number of nitrogens with zero attached hydrogens (tertiary/aromatic N) is 4. The van der Waals surface area contributed by atoms with Crippen LogP contribution in [0.15, 0.2) is 78.0 Å². The van der Waals surface area contributed by atoms with Crippen LogP contribution >= 0.6 is 11.8 Å². The second kappa shape index (κ2) is 12.2. The van der Waals surface area contributed by atoms with Crippen LogP contribution in [0.1, 0.15) is 17.5 Å². The van der Waals surface area contributed by atoms with Crippen LogP contribution in [0.2, 0.25) is 0 Å². The van der Waals surface area contributed by atoms with Gasteiger partial charge in [-0.25, -0.2) is 4.39 Å². The highest BCUT2D eigenvalue weighted by molar-refractivity contribution is 7.99. The molecule has 1 aromatic heterocycles. The first-order chi connectivity index (χ1) is 16.7. The smallest absolute Gasteiger partial charge is 0.214 e. The lowest BCUT2D eigenvalue weighted by Gasteiger charge is -2.16. The van der Waals surface area contributed by atoms with E-state index < -0.39 is 0 Å². The van der Waals surface area contributed by atoms with E-state index in [2.05, 4.69) is 20.8 Å². The van der Waals surface area contributed by atoms with Crippen molar-refractivity contribution in [3.05, 3.63) is 89.7 Å². The normalized spacial score (nSPS) is 10.9. The van der Waals surface area contributed by atoms with Gasteiger partial charge < -0.3 is 14.8 Å². The van der Waals surface area contributed by atoms with Crippen LogP contribution in [0.4, 0.5) is 4.39 Å². The molecule has 0 atom stereocenters. The van der Waals surface area contributed by atoms with E-state index in [4.69, 9.17) is 9.47 Å². The van der Waals surface area contributed by atoms with Gasteiger partial charge in [-0.05, 0) is 59.3 Å². The zero-order valence-corrected chi connectivity index (χ0v) is 19.7. The summed E-state index contributed by atoms with van der Waals surface area (Å²) in [7, 11) is 1.62. The lowest BCUT2D eigenvalue weighted by atomic mass is 10.1. The van der Waals surface area contributed by atoms with Crippen LogP contribution in [0.3, 0.4) is 0 Å². The van der Waals surface area contributed by atoms with Crippen LogP contribution in [0.25, 0.3) is 5.69 Å². The Labute approximate surface area is 202 Å². The molecule has 0 amide bonds. The zero-order valence-electron chi connectivity index (χ0n) is 18.9. The number of methoxy groups -OCH3 is 1. The number of hydrogen-bond acceptors (Lipinski definition) is 7. The van der Waals surface area contributed by atoms with E-state index in [0.717, 1.165) is 40.7 Å². The van der Waals surface area contributed by atoms with Crippen molar-refractivity contribution in [2.24, 2.45) is 0 Å². The zero-order chi connectivity index (χ0) is 23.6. The Bertz CT molecular complexity index is 1170. The van der Waals surface area contributed by atoms with Crippen molar-refractivity contribution in [2.45, 2.75) is 24.7 Å². The fourth-order valence-electron chi connectivity index (χ4n) is 3.35. The van der Waals surface area contributed by atoms with Crippen molar-refractivity contribution in [3.63, 3.8) is 0 Å². The van der Waals surface area contributed by atoms with Gasteiger partial charge in [0, 0.05) is 17.9 Å². The quantitative estimate of drug-likeness (QED) is 0.234. The second-order valence-corrected chi connectivity index (χ2v) is 8.51. The number of rotatable bonds is 12. The van der Waals surface area contributed by atoms with Crippen LogP contribution in [0.5, 0.6) is 11.5 Å². The highest BCUT2D eigenvalue weighted by Gasteiger charge is 2.12. The lowest BCUT2D eigenvalue weighted by molar-refractivity contribution is 0.280. The van der Waals surface area contributed by atoms with Gasteiger partial charge in [-0.3, -0.25) is 0 Å². The van der Waals surface area contributed by atoms with Gasteiger partial charge >= 0.3 is 0 Å². The monoisotopic (exact) mass is 479 g/mol. The molecule has 0 saturated carbocycles. The van der Waals surface area contributed by atoms with Crippen molar-refractivity contribution in [1.82, 2.24) is 25.5 Å². The number of aromatic nitrogens is 4. The topological polar surface area (TPSA) is 74.1 Å². The Morgan fingerprint density at radius 1 is 1.00 bits per heavy atom. The van der Waals surface area contributed by atoms with E-state index in [0.29, 0.717) is 24.7 Å². The summed E-state index contributed by atoms with van der Waals surface area (Å²) in [6, 6.07) is 22.0. The van der Waals surface area contributed by atoms with Gasteiger partial charge in [0.25, 0.3) is 0 Å². The Hall–Kier alpha value is -3.43. The molecule has 0 saturated heterocycles. The molecule has 0 fully saturated rings. The number of para-hydroxylation sites is 2. The molecule has 3 aromatic carbocycles. The maximum Gasteiger partial charge on any atom is 0.214 e. The number of halogens is 1. The van der Waals surface area contributed by atoms with E-state index in [1.807, 2.05) is 48.5 Å². The second-order valence-electron chi connectivity index (χ2n) is 7.45. The Morgan fingerprint density at radius 2 is 1.82 bits per heavy atom. The molecule has 4 rings (SSSR count). The van der Waals surface area contributed by atoms with Crippen molar-refractivity contribution in [3.8, 4) is 17.2 Å². The fraction of sp³-hybridized carbons (Fsp3) is 0.240. The summed E-state index contributed by atoms with van der Waals surface area (Å²) in [4.78, 5) is 0. The molecule has 0 aliphatic heterocycles. The number of nitrogens with one attached hydrogen (secondary N) is 1. The minimum atomic E-state index is -0.263. The van der Waals surface area contributed by atoms with E-state index in [1.165, 1.54) is 12.1 Å². The molecular weight excluding hydrogens is 453 g/mol. The molecular formula is C25H26FN5O2S. The number of thioether (sulfide) groups is 1. The molecule has 4 aromatic rings. The Balaban J connectivity index is 1.26. The van der Waals surface area contributed by atoms with Crippen molar-refractivity contribution in [2.75, 3.05) is 19.4 Å². The van der Waals surface area contributed by atoms with Crippen LogP contribution < -0.4 is 14.8 Å². The molecule has 0 radical (unpaired) electrons. The molecule has 9 heteroatoms. The van der Waals surface area contributed by atoms with Gasteiger partial charge in [0.1, 0.15) is 12.4 Å². The van der Waals surface area contributed by atoms with Crippen LogP contribution in [-0.2, 0) is 13.2 Å². The Kier molecular flexibility index (Phi) is 8.48. The van der Waals surface area contributed by atoms with Gasteiger partial charge in [-0.1, -0.05) is 54.2 Å². The minimum absolute atomic E-state index is 0.263. The summed E-state index contributed by atoms with van der Waals surface area (Å²) < 4.78 is 26.4. The molecule has 0 bridgehead atoms. The van der Waals surface area contributed by atoms with E-state index in [-0.39, 0.29) is 5.82 Å². The molecule has 7 nitrogen and oxygen atoms in total. The van der Waals surface area contributed by atoms with Gasteiger partial charge in [-0.15, -0.1) is 5.10 Å². The molecule has 1 heterocycles. The summed E-state index contributed by atoms with van der Waals surface area (Å²) in [5.41, 5.74) is 2.84. The standard InChI is InChI=1S/C25H26FN5O2S/c1-32-23-10-5-7-20(24(23)33-18-19-11-13-21(26)14-12-19)17-27-15-6-16-34-25-28-29-30-31(25)22-8-3-2-4-9-22/h2-5,7-14,27H,6,15-18H2,1H3. The van der Waals surface area contributed by atoms with Gasteiger partial charge in [0.2, 0.25) is 5.16 Å². The first-order valence-corrected chi connectivity index (χ1v) is 11.9. The first-order valence-electron chi connectivity index (χ1n) is 10.9. The number of tetrazole rings is 1. The molecule has 0 aliphatic rings. The largest absolute Gasteiger partial charge is 0.493 e. The molecule has 176 valence electrons. The number of benzene rings is 3. The maximum absolute atomic E-state index is 13.2. The van der Waals surface area contributed by atoms with Crippen molar-refractivity contribution in [1.29, 1.82) is 0 Å². The molecule has 0 spiro atoms. The molecule has 34 heavy (non-hydrogen) atoms. The molecule has 0 aliphatic carbocycles. The predicted octanol–water partition coefficient (Wildman–Crippen LogP) is 4.66. The minimum Gasteiger partial charge on any atom is -0.493 e. The molecule has 0 unspecified atom stereocenters. The van der Waals surface area contributed by atoms with Crippen molar-refractivity contribution >= 4 is 11.8 Å². The first kappa shape index (κ1) is 23.7. The highest BCUT2D eigenvalue weighted by atomic mass is 32.2. The lowest BCUT2D eigenvalue weighted by Crippen LogP contribution is -2.16. The third-order valence-electron chi connectivity index (χ3n) is 5.06. The Morgan fingerprint density at radius 3 is 2.62 bits per heavy atom. The van der Waals surface area contributed by atoms with Gasteiger partial charge in [0.05, 0.1) is 12.8 Å². The van der Waals surface area contributed by atoms with E-state index in [9.17, 15) is 4.39 Å². The summed E-state index contributed by atoms with van der Waals surface area (Å²) >= 11 is 1.63. The highest BCUT2D eigenvalue weighted by Crippen LogP contribution is 2.32. The third-order valence-corrected chi connectivity index (χ3v) is 6.07. The van der Waals surface area contributed by atoms with Gasteiger partial charge in [-0.2, -0.15) is 4.68 Å². The third kappa shape index (κ3) is 6.33. The average molecular weight is 480 g/mol. The molecule has 1 N–H and O–H groups in total. The number of ether oxygens (including phenoxy) is 2. The summed E-state index contributed by atoms with van der Waals surface area (Å²) in [6.07, 6.45) is 0.946. The predicted molar refractivity (Wildman–Crippen MR) is 130 cm³/mol. The summed E-state index contributed by atoms with van der Waals surface area (Å²) in [5, 5.41) is 16.3. The van der Waals surface area contributed by atoms with E-state index in [1.54, 1.807) is 35.7 Å². The van der Waals surface area contributed by atoms with Crippen LogP contribution in [0, 0.1) is 5.82 Å². The number of hydrogen-bond donors (Lipinski definition) is 1. The van der Waals surface area contributed by atoms with E-state index >= 15 is 0 Å². The van der Waals surface area contributed by atoms with Crippen molar-refractivity contribution < 1.29 is 13.9 Å². The maximum atomic E-state index is 13.2.